The molecule has 0 aromatic rings. The van der Waals surface area contributed by atoms with E-state index in [1.165, 1.54) is 13.0 Å². The van der Waals surface area contributed by atoms with Crippen LogP contribution in [0.1, 0.15) is 40.0 Å². The van der Waals surface area contributed by atoms with Crippen molar-refractivity contribution in [2.24, 2.45) is 5.92 Å². The van der Waals surface area contributed by atoms with Crippen LogP contribution in [0.4, 0.5) is 0 Å². The van der Waals surface area contributed by atoms with Crippen LogP contribution in [-0.2, 0) is 14.3 Å². The van der Waals surface area contributed by atoms with Crippen molar-refractivity contribution in [2.75, 3.05) is 0 Å². The number of allylic oxidation sites excluding steroid dienone is 3. The van der Waals surface area contributed by atoms with Crippen molar-refractivity contribution in [1.29, 1.82) is 0 Å². The highest BCUT2D eigenvalue weighted by molar-refractivity contribution is 5.96. The van der Waals surface area contributed by atoms with Gasteiger partial charge in [-0.1, -0.05) is 19.1 Å². The predicted molar refractivity (Wildman–Crippen MR) is 66.5 cm³/mol. The molecule has 0 saturated carbocycles. The number of hydrogen-bond acceptors (Lipinski definition) is 3. The van der Waals surface area contributed by atoms with Crippen LogP contribution in [0.5, 0.6) is 0 Å². The van der Waals surface area contributed by atoms with E-state index < -0.39 is 5.60 Å². The maximum atomic E-state index is 11.7. The highest BCUT2D eigenvalue weighted by Gasteiger charge is 2.42. The van der Waals surface area contributed by atoms with Gasteiger partial charge in [0.05, 0.1) is 5.92 Å². The van der Waals surface area contributed by atoms with Crippen LogP contribution in [0.3, 0.4) is 0 Å². The zero-order valence-electron chi connectivity index (χ0n) is 10.7. The summed E-state index contributed by atoms with van der Waals surface area (Å²) in [7, 11) is 0. The quantitative estimate of drug-likeness (QED) is 0.544. The molecule has 0 aromatic heterocycles. The summed E-state index contributed by atoms with van der Waals surface area (Å²) in [5.41, 5.74) is -0.761. The van der Waals surface area contributed by atoms with Crippen LogP contribution >= 0.6 is 0 Å². The molecule has 0 amide bonds. The molecule has 0 bridgehead atoms. The monoisotopic (exact) mass is 236 g/mol. The van der Waals surface area contributed by atoms with Crippen molar-refractivity contribution in [1.82, 2.24) is 0 Å². The molecule has 0 saturated heterocycles. The zero-order valence-corrected chi connectivity index (χ0v) is 10.7. The lowest BCUT2D eigenvalue weighted by molar-refractivity contribution is -0.155. The van der Waals surface area contributed by atoms with Gasteiger partial charge in [-0.25, -0.2) is 0 Å². The molecule has 0 aliphatic heterocycles. The standard InChI is InChI=1S/C14H20O3/c1-4-5-6-7-8-12-13(16)9-10-14(12,3)17-11(2)15/h5-6,9-10,12H,4,7-8H2,1-3H3/b6-5-. The molecule has 3 nitrogen and oxygen atoms in total. The van der Waals surface area contributed by atoms with E-state index in [1.807, 2.05) is 0 Å². The fourth-order valence-corrected chi connectivity index (χ4v) is 2.15. The van der Waals surface area contributed by atoms with Gasteiger partial charge >= 0.3 is 5.97 Å². The third-order valence-electron chi connectivity index (χ3n) is 3.00. The Labute approximate surface area is 103 Å². The van der Waals surface area contributed by atoms with Crippen LogP contribution in [-0.4, -0.2) is 17.4 Å². The molecule has 0 spiro atoms. The van der Waals surface area contributed by atoms with Crippen molar-refractivity contribution < 1.29 is 14.3 Å². The molecular formula is C14H20O3. The Balaban J connectivity index is 2.64. The summed E-state index contributed by atoms with van der Waals surface area (Å²) in [6.07, 6.45) is 9.92. The first-order valence-electron chi connectivity index (χ1n) is 6.07. The second-order valence-corrected chi connectivity index (χ2v) is 4.52. The van der Waals surface area contributed by atoms with Crippen LogP contribution < -0.4 is 0 Å². The van der Waals surface area contributed by atoms with Gasteiger partial charge < -0.3 is 4.74 Å². The summed E-state index contributed by atoms with van der Waals surface area (Å²) in [5.74, 6) is -0.535. The number of carbonyl (C=O) groups is 2. The Morgan fingerprint density at radius 2 is 2.24 bits per heavy atom. The van der Waals surface area contributed by atoms with E-state index in [-0.39, 0.29) is 17.7 Å². The van der Waals surface area contributed by atoms with Crippen molar-refractivity contribution >= 4 is 11.8 Å². The number of ether oxygens (including phenoxy) is 1. The Kier molecular flexibility index (Phi) is 4.67. The zero-order chi connectivity index (χ0) is 12.9. The summed E-state index contributed by atoms with van der Waals surface area (Å²) >= 11 is 0. The van der Waals surface area contributed by atoms with Crippen molar-refractivity contribution in [2.45, 2.75) is 45.6 Å². The average molecular weight is 236 g/mol. The highest BCUT2D eigenvalue weighted by atomic mass is 16.6. The summed E-state index contributed by atoms with van der Waals surface area (Å²) < 4.78 is 5.27. The molecule has 0 aromatic carbocycles. The van der Waals surface area contributed by atoms with Crippen molar-refractivity contribution in [3.05, 3.63) is 24.3 Å². The van der Waals surface area contributed by atoms with Gasteiger partial charge in [0.1, 0.15) is 5.60 Å². The first-order chi connectivity index (χ1) is 7.99. The Morgan fingerprint density at radius 3 is 2.82 bits per heavy atom. The first-order valence-corrected chi connectivity index (χ1v) is 6.07. The van der Waals surface area contributed by atoms with Gasteiger partial charge in [0.15, 0.2) is 5.78 Å². The molecule has 0 heterocycles. The molecule has 0 N–H and O–H groups in total. The normalized spacial score (nSPS) is 27.9. The number of ketones is 1. The van der Waals surface area contributed by atoms with E-state index in [9.17, 15) is 9.59 Å². The molecule has 1 aliphatic carbocycles. The fraction of sp³-hybridized carbons (Fsp3) is 0.571. The largest absolute Gasteiger partial charge is 0.455 e. The summed E-state index contributed by atoms with van der Waals surface area (Å²) in [5, 5.41) is 0. The van der Waals surface area contributed by atoms with Gasteiger partial charge in [0.25, 0.3) is 0 Å². The first kappa shape index (κ1) is 13.7. The van der Waals surface area contributed by atoms with Crippen LogP contribution in [0.25, 0.3) is 0 Å². The second kappa shape index (κ2) is 5.80. The van der Waals surface area contributed by atoms with Crippen molar-refractivity contribution in [3.8, 4) is 0 Å². The highest BCUT2D eigenvalue weighted by Crippen LogP contribution is 2.34. The van der Waals surface area contributed by atoms with E-state index in [0.29, 0.717) is 6.42 Å². The minimum Gasteiger partial charge on any atom is -0.455 e. The second-order valence-electron chi connectivity index (χ2n) is 4.52. The van der Waals surface area contributed by atoms with Crippen LogP contribution in [0, 0.1) is 5.92 Å². The molecule has 0 fully saturated rings. The Hall–Kier alpha value is -1.38. The van der Waals surface area contributed by atoms with E-state index in [4.69, 9.17) is 4.74 Å². The maximum Gasteiger partial charge on any atom is 0.303 e. The number of carbonyl (C=O) groups excluding carboxylic acids is 2. The molecular weight excluding hydrogens is 216 g/mol. The summed E-state index contributed by atoms with van der Waals surface area (Å²) in [4.78, 5) is 22.8. The van der Waals surface area contributed by atoms with Gasteiger partial charge in [0, 0.05) is 6.92 Å². The third kappa shape index (κ3) is 3.55. The molecule has 0 radical (unpaired) electrons. The minimum absolute atomic E-state index is 0.0543. The van der Waals surface area contributed by atoms with Gasteiger partial charge in [0.2, 0.25) is 0 Å². The molecule has 1 rings (SSSR count). The molecule has 17 heavy (non-hydrogen) atoms. The lowest BCUT2D eigenvalue weighted by Crippen LogP contribution is -2.37. The molecule has 94 valence electrons. The maximum absolute atomic E-state index is 11.7. The number of esters is 1. The summed E-state index contributed by atoms with van der Waals surface area (Å²) in [6, 6.07) is 0. The molecule has 2 atom stereocenters. The SMILES string of the molecule is CC/C=C\CCC1C(=O)C=CC1(C)OC(C)=O. The van der Waals surface area contributed by atoms with Gasteiger partial charge in [-0.3, -0.25) is 9.59 Å². The molecule has 2 unspecified atom stereocenters. The average Bonchev–Trinajstić information content (AvgIpc) is 2.50. The number of rotatable bonds is 5. The van der Waals surface area contributed by atoms with Gasteiger partial charge in [-0.2, -0.15) is 0 Å². The van der Waals surface area contributed by atoms with E-state index in [2.05, 4.69) is 19.1 Å². The van der Waals surface area contributed by atoms with Gasteiger partial charge in [-0.05, 0) is 38.3 Å². The Morgan fingerprint density at radius 1 is 1.53 bits per heavy atom. The van der Waals surface area contributed by atoms with E-state index in [0.717, 1.165) is 12.8 Å². The molecule has 3 heteroatoms. The predicted octanol–water partition coefficient (Wildman–Crippen LogP) is 2.81. The Bertz CT molecular complexity index is 354. The van der Waals surface area contributed by atoms with Gasteiger partial charge in [-0.15, -0.1) is 0 Å². The third-order valence-corrected chi connectivity index (χ3v) is 3.00. The minimum atomic E-state index is -0.761. The van der Waals surface area contributed by atoms with Crippen LogP contribution in [0.2, 0.25) is 0 Å². The van der Waals surface area contributed by atoms with Crippen LogP contribution in [0.15, 0.2) is 24.3 Å². The topological polar surface area (TPSA) is 43.4 Å². The lowest BCUT2D eigenvalue weighted by Gasteiger charge is -2.28. The van der Waals surface area contributed by atoms with E-state index in [1.54, 1.807) is 13.0 Å². The number of hydrogen-bond donors (Lipinski definition) is 0. The van der Waals surface area contributed by atoms with E-state index >= 15 is 0 Å². The molecule has 1 aliphatic rings. The fourth-order valence-electron chi connectivity index (χ4n) is 2.15. The lowest BCUT2D eigenvalue weighted by atomic mass is 9.87. The summed E-state index contributed by atoms with van der Waals surface area (Å²) in [6.45, 7) is 5.24. The smallest absolute Gasteiger partial charge is 0.303 e. The van der Waals surface area contributed by atoms with Crippen molar-refractivity contribution in [3.63, 3.8) is 0 Å².